The Morgan fingerprint density at radius 3 is 2.62 bits per heavy atom. The van der Waals surface area contributed by atoms with Crippen molar-refractivity contribution < 1.29 is 17.6 Å². The summed E-state index contributed by atoms with van der Waals surface area (Å²) in [6.45, 7) is 0. The average molecular weight is 310 g/mol. The molecule has 1 N–H and O–H groups in total. The van der Waals surface area contributed by atoms with Crippen molar-refractivity contribution in [1.82, 2.24) is 0 Å². The molecular weight excluding hydrogens is 301 g/mol. The Kier molecular flexibility index (Phi) is 4.03. The minimum absolute atomic E-state index is 0.00947. The zero-order valence-electron chi connectivity index (χ0n) is 8.33. The molecule has 0 unspecified atom stereocenters. The Bertz CT molecular complexity index is 515. The van der Waals surface area contributed by atoms with Gasteiger partial charge in [-0.2, -0.15) is 0 Å². The predicted molar refractivity (Wildman–Crippen MR) is 61.9 cm³/mol. The molecule has 0 saturated carbocycles. The van der Waals surface area contributed by atoms with Gasteiger partial charge in [0.2, 0.25) is 5.91 Å². The van der Waals surface area contributed by atoms with Crippen molar-refractivity contribution >= 4 is 37.4 Å². The Hall–Kier alpha value is -0.950. The number of carbonyl (C=O) groups is 1. The number of hydrogen-bond acceptors (Lipinski definition) is 3. The average Bonchev–Trinajstić information content (AvgIpc) is 2.19. The van der Waals surface area contributed by atoms with Crippen molar-refractivity contribution in [2.75, 3.05) is 16.9 Å². The lowest BCUT2D eigenvalue weighted by atomic mass is 10.3. The standard InChI is InChI=1S/C9H9BrFNO3S/c1-16(14,15)6-2-3-7(11)8(4-6)12-9(13)5-10/h2-4H,5H2,1H3,(H,12,13). The molecule has 0 aliphatic heterocycles. The van der Waals surface area contributed by atoms with Gasteiger partial charge in [0.25, 0.3) is 0 Å². The highest BCUT2D eigenvalue weighted by atomic mass is 79.9. The summed E-state index contributed by atoms with van der Waals surface area (Å²) in [4.78, 5) is 11.0. The van der Waals surface area contributed by atoms with Gasteiger partial charge in [0, 0.05) is 6.26 Å². The molecule has 0 radical (unpaired) electrons. The van der Waals surface area contributed by atoms with E-state index in [0.29, 0.717) is 0 Å². The number of hydrogen-bond donors (Lipinski definition) is 1. The fourth-order valence-corrected chi connectivity index (χ4v) is 1.80. The summed E-state index contributed by atoms with van der Waals surface area (Å²) < 4.78 is 35.6. The lowest BCUT2D eigenvalue weighted by molar-refractivity contribution is -0.113. The maximum atomic E-state index is 13.2. The molecule has 0 spiro atoms. The van der Waals surface area contributed by atoms with E-state index in [4.69, 9.17) is 0 Å². The third-order valence-corrected chi connectivity index (χ3v) is 3.38. The molecule has 0 atom stereocenters. The summed E-state index contributed by atoms with van der Waals surface area (Å²) in [6, 6.07) is 3.24. The highest BCUT2D eigenvalue weighted by Crippen LogP contribution is 2.19. The third-order valence-electron chi connectivity index (χ3n) is 1.76. The van der Waals surface area contributed by atoms with Crippen LogP contribution in [-0.4, -0.2) is 25.9 Å². The maximum absolute atomic E-state index is 13.2. The second kappa shape index (κ2) is 4.92. The Morgan fingerprint density at radius 2 is 2.12 bits per heavy atom. The number of rotatable bonds is 3. The number of alkyl halides is 1. The molecule has 0 aliphatic rings. The van der Waals surface area contributed by atoms with Crippen LogP contribution in [0.3, 0.4) is 0 Å². The van der Waals surface area contributed by atoms with Crippen molar-refractivity contribution in [3.63, 3.8) is 0 Å². The van der Waals surface area contributed by atoms with Crippen molar-refractivity contribution in [2.24, 2.45) is 0 Å². The van der Waals surface area contributed by atoms with E-state index in [-0.39, 0.29) is 15.9 Å². The minimum Gasteiger partial charge on any atom is -0.323 e. The van der Waals surface area contributed by atoms with E-state index >= 15 is 0 Å². The topological polar surface area (TPSA) is 63.2 Å². The second-order valence-electron chi connectivity index (χ2n) is 3.10. The zero-order valence-corrected chi connectivity index (χ0v) is 10.7. The molecule has 4 nitrogen and oxygen atoms in total. The molecule has 1 amide bonds. The first-order chi connectivity index (χ1) is 7.34. The van der Waals surface area contributed by atoms with Crippen LogP contribution in [0, 0.1) is 5.82 Å². The van der Waals surface area contributed by atoms with Gasteiger partial charge in [0.1, 0.15) is 5.82 Å². The highest BCUT2D eigenvalue weighted by Gasteiger charge is 2.12. The van der Waals surface area contributed by atoms with Crippen molar-refractivity contribution in [3.05, 3.63) is 24.0 Å². The van der Waals surface area contributed by atoms with Crippen LogP contribution in [0.1, 0.15) is 0 Å². The Labute approximate surface area is 101 Å². The van der Waals surface area contributed by atoms with Crippen molar-refractivity contribution in [2.45, 2.75) is 4.90 Å². The van der Waals surface area contributed by atoms with Gasteiger partial charge in [-0.3, -0.25) is 4.79 Å². The van der Waals surface area contributed by atoms with Gasteiger partial charge in [-0.25, -0.2) is 12.8 Å². The lowest BCUT2D eigenvalue weighted by Gasteiger charge is -2.06. The van der Waals surface area contributed by atoms with Gasteiger partial charge in [-0.05, 0) is 18.2 Å². The van der Waals surface area contributed by atoms with Gasteiger partial charge in [0.05, 0.1) is 15.9 Å². The molecule has 0 bridgehead atoms. The predicted octanol–water partition coefficient (Wildman–Crippen LogP) is 1.56. The zero-order chi connectivity index (χ0) is 12.3. The smallest absolute Gasteiger partial charge is 0.235 e. The number of anilines is 1. The fraction of sp³-hybridized carbons (Fsp3) is 0.222. The molecule has 16 heavy (non-hydrogen) atoms. The molecule has 1 aromatic carbocycles. The molecule has 0 saturated heterocycles. The fourth-order valence-electron chi connectivity index (χ4n) is 1.01. The summed E-state index contributed by atoms with van der Waals surface area (Å²) in [5.74, 6) is -1.13. The number of carbonyl (C=O) groups excluding carboxylic acids is 1. The summed E-state index contributed by atoms with van der Waals surface area (Å²) >= 11 is 2.90. The first kappa shape index (κ1) is 13.1. The van der Waals surface area contributed by atoms with Gasteiger partial charge >= 0.3 is 0 Å². The van der Waals surface area contributed by atoms with Crippen LogP contribution in [0.25, 0.3) is 0 Å². The lowest BCUT2D eigenvalue weighted by Crippen LogP contribution is -2.14. The molecule has 0 fully saturated rings. The third kappa shape index (κ3) is 3.28. The first-order valence-corrected chi connectivity index (χ1v) is 7.21. The monoisotopic (exact) mass is 309 g/mol. The molecule has 1 aromatic rings. The quantitative estimate of drug-likeness (QED) is 0.681. The van der Waals surface area contributed by atoms with Gasteiger partial charge in [-0.15, -0.1) is 0 Å². The van der Waals surface area contributed by atoms with Gasteiger partial charge in [-0.1, -0.05) is 15.9 Å². The molecular formula is C9H9BrFNO3S. The van der Waals surface area contributed by atoms with Crippen LogP contribution < -0.4 is 5.32 Å². The van der Waals surface area contributed by atoms with Crippen LogP contribution in [0.4, 0.5) is 10.1 Å². The van der Waals surface area contributed by atoms with E-state index in [1.165, 1.54) is 0 Å². The number of halogens is 2. The number of benzene rings is 1. The molecule has 0 heterocycles. The van der Waals surface area contributed by atoms with Crippen LogP contribution in [-0.2, 0) is 14.6 Å². The van der Waals surface area contributed by atoms with E-state index in [9.17, 15) is 17.6 Å². The summed E-state index contributed by atoms with van der Waals surface area (Å²) in [6.07, 6.45) is 1.01. The molecule has 0 aliphatic carbocycles. The summed E-state index contributed by atoms with van der Waals surface area (Å²) in [5, 5.41) is 2.26. The van der Waals surface area contributed by atoms with Crippen molar-refractivity contribution in [1.29, 1.82) is 0 Å². The molecule has 88 valence electrons. The highest BCUT2D eigenvalue weighted by molar-refractivity contribution is 9.09. The van der Waals surface area contributed by atoms with E-state index in [1.54, 1.807) is 0 Å². The van der Waals surface area contributed by atoms with E-state index in [0.717, 1.165) is 24.5 Å². The molecule has 7 heteroatoms. The van der Waals surface area contributed by atoms with Crippen molar-refractivity contribution in [3.8, 4) is 0 Å². The minimum atomic E-state index is -3.41. The van der Waals surface area contributed by atoms with E-state index in [2.05, 4.69) is 21.2 Å². The summed E-state index contributed by atoms with van der Waals surface area (Å²) in [7, 11) is -3.41. The van der Waals surface area contributed by atoms with Gasteiger partial charge in [0.15, 0.2) is 9.84 Å². The normalized spacial score (nSPS) is 11.2. The van der Waals surface area contributed by atoms with Crippen LogP contribution in [0.2, 0.25) is 0 Å². The van der Waals surface area contributed by atoms with Crippen LogP contribution in [0.15, 0.2) is 23.1 Å². The Balaban J connectivity index is 3.14. The molecule has 1 rings (SSSR count). The van der Waals surface area contributed by atoms with Gasteiger partial charge < -0.3 is 5.32 Å². The largest absolute Gasteiger partial charge is 0.323 e. The number of nitrogens with one attached hydrogen (secondary N) is 1. The maximum Gasteiger partial charge on any atom is 0.235 e. The first-order valence-electron chi connectivity index (χ1n) is 4.20. The molecule has 0 aromatic heterocycles. The number of sulfone groups is 1. The van der Waals surface area contributed by atoms with E-state index < -0.39 is 21.6 Å². The SMILES string of the molecule is CS(=O)(=O)c1ccc(F)c(NC(=O)CBr)c1. The van der Waals surface area contributed by atoms with Crippen LogP contribution >= 0.6 is 15.9 Å². The summed E-state index contributed by atoms with van der Waals surface area (Å²) in [5.41, 5.74) is -0.146. The van der Waals surface area contributed by atoms with E-state index in [1.807, 2.05) is 0 Å². The Morgan fingerprint density at radius 1 is 1.50 bits per heavy atom. The number of amides is 1. The second-order valence-corrected chi connectivity index (χ2v) is 5.67. The van der Waals surface area contributed by atoms with Crippen LogP contribution in [0.5, 0.6) is 0 Å².